The van der Waals surface area contributed by atoms with E-state index < -0.39 is 32.4 Å². The van der Waals surface area contributed by atoms with Crippen LogP contribution in [0, 0.1) is 17.1 Å². The van der Waals surface area contributed by atoms with Gasteiger partial charge in [0.2, 0.25) is 0 Å². The van der Waals surface area contributed by atoms with Gasteiger partial charge in [0.15, 0.2) is 0 Å². The molecule has 0 saturated heterocycles. The van der Waals surface area contributed by atoms with Crippen molar-refractivity contribution in [1.29, 1.82) is 5.26 Å². The zero-order valence-electron chi connectivity index (χ0n) is 17.9. The minimum absolute atomic E-state index is 0.197. The molecule has 0 fully saturated rings. The number of fused-ring (bicyclic) bond motifs is 2. The van der Waals surface area contributed by atoms with Gasteiger partial charge in [-0.1, -0.05) is 6.07 Å². The summed E-state index contributed by atoms with van der Waals surface area (Å²) in [6, 6.07) is 4.56. The van der Waals surface area contributed by atoms with Gasteiger partial charge in [-0.2, -0.15) is 5.26 Å². The Morgan fingerprint density at radius 2 is 1.66 bits per heavy atom. The van der Waals surface area contributed by atoms with Gasteiger partial charge in [0, 0.05) is 5.69 Å². The van der Waals surface area contributed by atoms with Gasteiger partial charge in [-0.05, 0) is 92.3 Å². The highest BCUT2D eigenvalue weighted by molar-refractivity contribution is 7.90. The van der Waals surface area contributed by atoms with Crippen LogP contribution in [-0.2, 0) is 41.3 Å². The summed E-state index contributed by atoms with van der Waals surface area (Å²) in [6.07, 6.45) is 4.60. The van der Waals surface area contributed by atoms with E-state index in [1.807, 2.05) is 4.72 Å². The quantitative estimate of drug-likeness (QED) is 0.650. The largest absolute Gasteiger partial charge is 0.386 e. The number of carbonyl (C=O) groups excluding carboxylic acids is 1. The molecule has 2 aliphatic carbocycles. The Hall–Kier alpha value is -2.96. The van der Waals surface area contributed by atoms with Crippen LogP contribution in [0.15, 0.2) is 23.1 Å². The van der Waals surface area contributed by atoms with Gasteiger partial charge in [0.1, 0.15) is 10.7 Å². The summed E-state index contributed by atoms with van der Waals surface area (Å²) >= 11 is 0. The number of hydrogen-bond donors (Lipinski definition) is 3. The molecule has 168 valence electrons. The van der Waals surface area contributed by atoms with Crippen LogP contribution in [0.2, 0.25) is 0 Å². The van der Waals surface area contributed by atoms with Crippen LogP contribution in [0.1, 0.15) is 60.1 Å². The van der Waals surface area contributed by atoms with Gasteiger partial charge in [0.25, 0.3) is 10.0 Å². The van der Waals surface area contributed by atoms with E-state index in [1.54, 1.807) is 0 Å². The number of nitrogens with zero attached hydrogens (tertiary/aromatic N) is 1. The fraction of sp³-hybridized carbons (Fsp3) is 0.391. The van der Waals surface area contributed by atoms with E-state index in [0.29, 0.717) is 24.1 Å². The molecule has 0 aliphatic heterocycles. The van der Waals surface area contributed by atoms with Gasteiger partial charge in [-0.25, -0.2) is 22.3 Å². The number of aliphatic hydroxyl groups is 1. The lowest BCUT2D eigenvalue weighted by molar-refractivity contribution is 0.0782. The Balaban J connectivity index is 1.66. The summed E-state index contributed by atoms with van der Waals surface area (Å²) < 4.78 is 41.7. The van der Waals surface area contributed by atoms with Gasteiger partial charge in [0.05, 0.1) is 17.2 Å². The number of rotatable bonds is 4. The number of nitriles is 1. The van der Waals surface area contributed by atoms with Crippen molar-refractivity contribution in [2.45, 2.75) is 62.9 Å². The summed E-state index contributed by atoms with van der Waals surface area (Å²) in [5.74, 6) is -1.03. The summed E-state index contributed by atoms with van der Waals surface area (Å²) in [5, 5.41) is 22.4. The highest BCUT2D eigenvalue weighted by Crippen LogP contribution is 2.41. The Bertz CT molecular complexity index is 1240. The van der Waals surface area contributed by atoms with Crippen molar-refractivity contribution < 1.29 is 22.7 Å². The van der Waals surface area contributed by atoms with Crippen molar-refractivity contribution in [3.63, 3.8) is 0 Å². The van der Waals surface area contributed by atoms with E-state index in [1.165, 1.54) is 19.9 Å². The van der Waals surface area contributed by atoms with Crippen LogP contribution in [0.5, 0.6) is 0 Å². The molecule has 0 heterocycles. The van der Waals surface area contributed by atoms with Gasteiger partial charge < -0.3 is 10.4 Å². The molecular weight excluding hydrogens is 433 g/mol. The highest BCUT2D eigenvalue weighted by atomic mass is 32.2. The third-order valence-corrected chi connectivity index (χ3v) is 7.49. The van der Waals surface area contributed by atoms with E-state index in [4.69, 9.17) is 0 Å². The van der Waals surface area contributed by atoms with Gasteiger partial charge >= 0.3 is 6.03 Å². The third-order valence-electron chi connectivity index (χ3n) is 6.15. The fourth-order valence-electron chi connectivity index (χ4n) is 4.65. The molecule has 3 N–H and O–H groups in total. The number of halogens is 1. The van der Waals surface area contributed by atoms with Crippen LogP contribution >= 0.6 is 0 Å². The molecule has 0 bridgehead atoms. The molecule has 2 amide bonds. The average molecular weight is 458 g/mol. The maximum atomic E-state index is 14.3. The Labute approximate surface area is 186 Å². The first-order chi connectivity index (χ1) is 15.0. The minimum Gasteiger partial charge on any atom is -0.386 e. The van der Waals surface area contributed by atoms with Crippen molar-refractivity contribution in [3.05, 3.63) is 57.4 Å². The molecule has 0 saturated carbocycles. The first-order valence-electron chi connectivity index (χ1n) is 10.5. The first-order valence-corrected chi connectivity index (χ1v) is 12.0. The van der Waals surface area contributed by atoms with E-state index in [0.717, 1.165) is 60.1 Å². The van der Waals surface area contributed by atoms with E-state index in [9.17, 15) is 28.0 Å². The predicted molar refractivity (Wildman–Crippen MR) is 116 cm³/mol. The number of sulfonamides is 1. The van der Waals surface area contributed by atoms with E-state index >= 15 is 0 Å². The lowest BCUT2D eigenvalue weighted by atomic mass is 9.93. The summed E-state index contributed by atoms with van der Waals surface area (Å²) in [4.78, 5) is 12.0. The van der Waals surface area contributed by atoms with Crippen LogP contribution in [0.4, 0.5) is 14.9 Å². The number of hydrogen-bond acceptors (Lipinski definition) is 5. The molecule has 2 aromatic rings. The minimum atomic E-state index is -4.53. The average Bonchev–Trinajstić information content (AvgIpc) is 3.36. The standard InChI is InChI=1S/C23H24FN3O4S/c1-23(2,29)13-9-10-19(24)20(11-13)32(30,31)27-22(28)26-21-16-7-3-5-14(16)18(12-25)15-6-4-8-17(15)21/h9-11,29H,3-8H2,1-2H3,(H2,26,27,28). The molecule has 2 aliphatic rings. The van der Waals surface area contributed by atoms with Crippen LogP contribution in [-0.4, -0.2) is 19.6 Å². The van der Waals surface area contributed by atoms with E-state index in [-0.39, 0.29) is 5.56 Å². The zero-order chi connectivity index (χ0) is 23.3. The zero-order valence-corrected chi connectivity index (χ0v) is 18.7. The molecule has 0 aromatic heterocycles. The topological polar surface area (TPSA) is 119 Å². The second-order valence-electron chi connectivity index (χ2n) is 8.75. The van der Waals surface area contributed by atoms with Gasteiger partial charge in [-0.15, -0.1) is 0 Å². The highest BCUT2D eigenvalue weighted by Gasteiger charge is 2.31. The number of anilines is 1. The SMILES string of the molecule is CC(C)(O)c1ccc(F)c(S(=O)(=O)NC(=O)Nc2c3c(c(C#N)c4c2CCC4)CCC3)c1. The molecular formula is C23H24FN3O4S. The molecule has 2 aromatic carbocycles. The molecule has 7 nitrogen and oxygen atoms in total. The second kappa shape index (κ2) is 7.87. The summed E-state index contributed by atoms with van der Waals surface area (Å²) in [5.41, 5.74) is 3.68. The summed E-state index contributed by atoms with van der Waals surface area (Å²) in [6.45, 7) is 2.89. The lowest BCUT2D eigenvalue weighted by Gasteiger charge is -2.20. The number of urea groups is 1. The molecule has 32 heavy (non-hydrogen) atoms. The van der Waals surface area contributed by atoms with Crippen molar-refractivity contribution in [2.75, 3.05) is 5.32 Å². The number of benzene rings is 2. The van der Waals surface area contributed by atoms with Crippen LogP contribution < -0.4 is 10.0 Å². The third kappa shape index (κ3) is 3.85. The normalized spacial score (nSPS) is 15.1. The number of amides is 2. The second-order valence-corrected chi connectivity index (χ2v) is 10.4. The summed E-state index contributed by atoms with van der Waals surface area (Å²) in [7, 11) is -4.53. The van der Waals surface area contributed by atoms with Crippen molar-refractivity contribution in [3.8, 4) is 6.07 Å². The molecule has 4 rings (SSSR count). The number of carbonyl (C=O) groups is 1. The lowest BCUT2D eigenvalue weighted by Crippen LogP contribution is -2.35. The maximum Gasteiger partial charge on any atom is 0.333 e. The van der Waals surface area contributed by atoms with Crippen molar-refractivity contribution >= 4 is 21.7 Å². The van der Waals surface area contributed by atoms with Crippen LogP contribution in [0.25, 0.3) is 0 Å². The number of nitrogens with one attached hydrogen (secondary N) is 2. The molecule has 0 unspecified atom stereocenters. The Morgan fingerprint density at radius 3 is 2.19 bits per heavy atom. The first kappa shape index (κ1) is 22.2. The monoisotopic (exact) mass is 457 g/mol. The van der Waals surface area contributed by atoms with Crippen molar-refractivity contribution in [1.82, 2.24) is 4.72 Å². The predicted octanol–water partition coefficient (Wildman–Crippen LogP) is 3.41. The fourth-order valence-corrected chi connectivity index (χ4v) is 5.66. The van der Waals surface area contributed by atoms with Crippen LogP contribution in [0.3, 0.4) is 0 Å². The maximum absolute atomic E-state index is 14.3. The van der Waals surface area contributed by atoms with E-state index in [2.05, 4.69) is 11.4 Å². The Morgan fingerprint density at radius 1 is 1.09 bits per heavy atom. The smallest absolute Gasteiger partial charge is 0.333 e. The molecule has 0 atom stereocenters. The van der Waals surface area contributed by atoms with Crippen molar-refractivity contribution in [2.24, 2.45) is 0 Å². The van der Waals surface area contributed by atoms with Gasteiger partial charge in [-0.3, -0.25) is 0 Å². The molecule has 9 heteroatoms. The molecule has 0 spiro atoms. The Kier molecular flexibility index (Phi) is 5.47. The molecule has 0 radical (unpaired) electrons.